The highest BCUT2D eigenvalue weighted by molar-refractivity contribution is 6.02. The molecule has 7 nitrogen and oxygen atoms in total. The number of hydrogen-bond donors (Lipinski definition) is 1. The summed E-state index contributed by atoms with van der Waals surface area (Å²) in [4.78, 5) is 22.9. The second kappa shape index (κ2) is 7.06. The molecule has 132 valence electrons. The first-order valence-electron chi connectivity index (χ1n) is 7.48. The molecule has 0 radical (unpaired) electrons. The van der Waals surface area contributed by atoms with Crippen molar-refractivity contribution in [2.24, 2.45) is 0 Å². The van der Waals surface area contributed by atoms with E-state index in [0.29, 0.717) is 5.75 Å². The molecular weight excluding hydrogens is 343 g/mol. The Bertz CT molecular complexity index is 983. The number of nitrogens with one attached hydrogen (secondary N) is 1. The number of methoxy groups -OCH3 is 1. The van der Waals surface area contributed by atoms with Crippen molar-refractivity contribution in [1.82, 2.24) is 0 Å². The van der Waals surface area contributed by atoms with E-state index < -0.39 is 16.6 Å². The van der Waals surface area contributed by atoms with Crippen molar-refractivity contribution in [3.63, 3.8) is 0 Å². The molecule has 1 aromatic heterocycles. The number of nitro groups is 1. The number of amides is 1. The third-order valence-electron chi connectivity index (χ3n) is 3.62. The van der Waals surface area contributed by atoms with Crippen molar-refractivity contribution in [3.8, 4) is 17.1 Å². The van der Waals surface area contributed by atoms with Gasteiger partial charge in [-0.2, -0.15) is 0 Å². The zero-order chi connectivity index (χ0) is 18.7. The van der Waals surface area contributed by atoms with Crippen LogP contribution in [0.5, 0.6) is 5.75 Å². The molecule has 8 heteroatoms. The van der Waals surface area contributed by atoms with Gasteiger partial charge in [0.1, 0.15) is 17.3 Å². The number of benzene rings is 2. The van der Waals surface area contributed by atoms with Crippen LogP contribution in [-0.2, 0) is 0 Å². The molecule has 0 aliphatic carbocycles. The van der Waals surface area contributed by atoms with Crippen molar-refractivity contribution in [3.05, 3.63) is 76.3 Å². The second-order valence-electron chi connectivity index (χ2n) is 5.24. The molecule has 1 amide bonds. The average molecular weight is 356 g/mol. The van der Waals surface area contributed by atoms with Gasteiger partial charge in [0.2, 0.25) is 0 Å². The van der Waals surface area contributed by atoms with Gasteiger partial charge < -0.3 is 14.5 Å². The molecule has 0 spiro atoms. The standard InChI is InChI=1S/C18H13FN2O5/c1-25-11-6-7-12(15(10-11)21(23)24)16-8-9-17(26-16)18(22)20-14-5-3-2-4-13(14)19/h2-10H,1H3,(H,20,22). The van der Waals surface area contributed by atoms with Gasteiger partial charge in [0.25, 0.3) is 11.6 Å². The number of ether oxygens (including phenoxy) is 1. The number of anilines is 1. The maximum atomic E-state index is 13.6. The smallest absolute Gasteiger partial charge is 0.291 e. The van der Waals surface area contributed by atoms with Gasteiger partial charge >= 0.3 is 0 Å². The fourth-order valence-corrected chi connectivity index (χ4v) is 2.35. The van der Waals surface area contributed by atoms with Gasteiger partial charge in [0.15, 0.2) is 5.76 Å². The third kappa shape index (κ3) is 3.39. The summed E-state index contributed by atoms with van der Waals surface area (Å²) >= 11 is 0. The Morgan fingerprint density at radius 2 is 1.96 bits per heavy atom. The minimum absolute atomic E-state index is 0.00544. The van der Waals surface area contributed by atoms with Crippen LogP contribution in [0.1, 0.15) is 10.6 Å². The van der Waals surface area contributed by atoms with Crippen molar-refractivity contribution in [2.45, 2.75) is 0 Å². The molecule has 0 unspecified atom stereocenters. The third-order valence-corrected chi connectivity index (χ3v) is 3.62. The Kier molecular flexibility index (Phi) is 4.66. The Hall–Kier alpha value is -3.68. The Morgan fingerprint density at radius 3 is 2.65 bits per heavy atom. The van der Waals surface area contributed by atoms with Crippen LogP contribution in [0.15, 0.2) is 59.0 Å². The van der Waals surface area contributed by atoms with E-state index in [1.165, 1.54) is 49.6 Å². The lowest BCUT2D eigenvalue weighted by Crippen LogP contribution is -2.11. The van der Waals surface area contributed by atoms with Crippen molar-refractivity contribution in [1.29, 1.82) is 0 Å². The number of hydrogen-bond acceptors (Lipinski definition) is 5. The summed E-state index contributed by atoms with van der Waals surface area (Å²) in [7, 11) is 1.40. The number of para-hydroxylation sites is 1. The Balaban J connectivity index is 1.89. The van der Waals surface area contributed by atoms with Crippen LogP contribution in [0.25, 0.3) is 11.3 Å². The quantitative estimate of drug-likeness (QED) is 0.544. The van der Waals surface area contributed by atoms with Gasteiger partial charge in [-0.3, -0.25) is 14.9 Å². The summed E-state index contributed by atoms with van der Waals surface area (Å²) in [6.45, 7) is 0. The predicted molar refractivity (Wildman–Crippen MR) is 91.7 cm³/mol. The summed E-state index contributed by atoms with van der Waals surface area (Å²) in [5.74, 6) is -0.896. The molecule has 3 aromatic rings. The number of carbonyl (C=O) groups is 1. The van der Waals surface area contributed by atoms with E-state index in [1.54, 1.807) is 12.1 Å². The van der Waals surface area contributed by atoms with E-state index in [4.69, 9.17) is 9.15 Å². The monoisotopic (exact) mass is 356 g/mol. The van der Waals surface area contributed by atoms with Crippen LogP contribution in [0.2, 0.25) is 0 Å². The van der Waals surface area contributed by atoms with Gasteiger partial charge in [0, 0.05) is 0 Å². The Morgan fingerprint density at radius 1 is 1.19 bits per heavy atom. The lowest BCUT2D eigenvalue weighted by molar-refractivity contribution is -0.384. The number of carbonyl (C=O) groups excluding carboxylic acids is 1. The summed E-state index contributed by atoms with van der Waals surface area (Å²) in [5.41, 5.74) is -0.0219. The van der Waals surface area contributed by atoms with E-state index in [9.17, 15) is 19.3 Å². The molecule has 0 bridgehead atoms. The zero-order valence-electron chi connectivity index (χ0n) is 13.6. The number of nitrogens with zero attached hydrogens (tertiary/aromatic N) is 1. The van der Waals surface area contributed by atoms with Gasteiger partial charge in [-0.25, -0.2) is 4.39 Å². The molecule has 3 rings (SSSR count). The molecule has 26 heavy (non-hydrogen) atoms. The highest BCUT2D eigenvalue weighted by Gasteiger charge is 2.21. The molecule has 1 heterocycles. The largest absolute Gasteiger partial charge is 0.497 e. The fourth-order valence-electron chi connectivity index (χ4n) is 2.35. The van der Waals surface area contributed by atoms with Crippen molar-refractivity contribution >= 4 is 17.3 Å². The van der Waals surface area contributed by atoms with Crippen molar-refractivity contribution < 1.29 is 23.3 Å². The summed E-state index contributed by atoms with van der Waals surface area (Å²) in [6, 6.07) is 12.8. The Labute approximate surface area is 147 Å². The molecule has 2 aromatic carbocycles. The number of rotatable bonds is 5. The molecule has 1 N–H and O–H groups in total. The van der Waals surface area contributed by atoms with Crippen molar-refractivity contribution in [2.75, 3.05) is 12.4 Å². The van der Waals surface area contributed by atoms with E-state index in [2.05, 4.69) is 5.32 Å². The van der Waals surface area contributed by atoms with Crippen LogP contribution >= 0.6 is 0 Å². The summed E-state index contributed by atoms with van der Waals surface area (Å²) in [6.07, 6.45) is 0. The minimum atomic E-state index is -0.669. The van der Waals surface area contributed by atoms with E-state index >= 15 is 0 Å². The first-order valence-corrected chi connectivity index (χ1v) is 7.48. The van der Waals surface area contributed by atoms with E-state index in [-0.39, 0.29) is 28.5 Å². The van der Waals surface area contributed by atoms with Gasteiger partial charge in [-0.1, -0.05) is 12.1 Å². The molecule has 0 fully saturated rings. The van der Waals surface area contributed by atoms with Crippen LogP contribution < -0.4 is 10.1 Å². The fraction of sp³-hybridized carbons (Fsp3) is 0.0556. The maximum Gasteiger partial charge on any atom is 0.291 e. The maximum absolute atomic E-state index is 13.6. The highest BCUT2D eigenvalue weighted by atomic mass is 19.1. The summed E-state index contributed by atoms with van der Waals surface area (Å²) < 4.78 is 24.0. The summed E-state index contributed by atoms with van der Waals surface area (Å²) in [5, 5.41) is 13.7. The molecule has 0 atom stereocenters. The first kappa shape index (κ1) is 17.2. The topological polar surface area (TPSA) is 94.6 Å². The number of furan rings is 1. The van der Waals surface area contributed by atoms with E-state index in [0.717, 1.165) is 0 Å². The first-order chi connectivity index (χ1) is 12.5. The minimum Gasteiger partial charge on any atom is -0.497 e. The SMILES string of the molecule is COc1ccc(-c2ccc(C(=O)Nc3ccccc3F)o2)c([N+](=O)[O-])c1. The van der Waals surface area contributed by atoms with Crippen LogP contribution in [0.3, 0.4) is 0 Å². The normalized spacial score (nSPS) is 10.4. The molecular formula is C18H13FN2O5. The van der Waals surface area contributed by atoms with Crippen LogP contribution in [-0.4, -0.2) is 17.9 Å². The number of halogens is 1. The van der Waals surface area contributed by atoms with Gasteiger partial charge in [-0.05, 0) is 36.4 Å². The lowest BCUT2D eigenvalue weighted by atomic mass is 10.1. The van der Waals surface area contributed by atoms with Crippen LogP contribution in [0, 0.1) is 15.9 Å². The second-order valence-corrected chi connectivity index (χ2v) is 5.24. The molecule has 0 aliphatic heterocycles. The van der Waals surface area contributed by atoms with E-state index in [1.807, 2.05) is 0 Å². The highest BCUT2D eigenvalue weighted by Crippen LogP contribution is 2.34. The van der Waals surface area contributed by atoms with Crippen LogP contribution in [0.4, 0.5) is 15.8 Å². The molecule has 0 saturated carbocycles. The predicted octanol–water partition coefficient (Wildman–Crippen LogP) is 4.25. The molecule has 0 aliphatic rings. The lowest BCUT2D eigenvalue weighted by Gasteiger charge is -2.05. The zero-order valence-corrected chi connectivity index (χ0v) is 13.6. The van der Waals surface area contributed by atoms with Gasteiger partial charge in [-0.15, -0.1) is 0 Å². The number of nitro benzene ring substituents is 1. The average Bonchev–Trinajstić information content (AvgIpc) is 3.13. The molecule has 0 saturated heterocycles. The van der Waals surface area contributed by atoms with Gasteiger partial charge in [0.05, 0.1) is 29.4 Å².